The second kappa shape index (κ2) is 9.29. The van der Waals surface area contributed by atoms with Gasteiger partial charge in [-0.3, -0.25) is 19.2 Å². The summed E-state index contributed by atoms with van der Waals surface area (Å²) in [5.74, 6) is -8.04. The van der Waals surface area contributed by atoms with Crippen LogP contribution in [0.5, 0.6) is 0 Å². The normalized spacial score (nSPS) is 19.9. The molecule has 28 heavy (non-hydrogen) atoms. The molecule has 0 saturated heterocycles. The van der Waals surface area contributed by atoms with Crippen LogP contribution in [-0.4, -0.2) is 95.6 Å². The molecule has 12 heteroatoms. The second-order valence-electron chi connectivity index (χ2n) is 6.18. The Hall–Kier alpha value is -1.57. The highest BCUT2D eigenvalue weighted by Crippen LogP contribution is 2.40. The average molecular weight is 471 g/mol. The summed E-state index contributed by atoms with van der Waals surface area (Å²) in [5, 5.41) is 52.5. The van der Waals surface area contributed by atoms with E-state index >= 15 is 0 Å². The van der Waals surface area contributed by atoms with Crippen molar-refractivity contribution in [1.29, 1.82) is 0 Å². The minimum absolute atomic E-state index is 0.0217. The van der Waals surface area contributed by atoms with Gasteiger partial charge in [0.15, 0.2) is 28.7 Å². The lowest BCUT2D eigenvalue weighted by atomic mass is 9.62. The molecule has 0 fully saturated rings. The molecule has 0 aromatic heterocycles. The molecule has 0 aliphatic carbocycles. The lowest BCUT2D eigenvalue weighted by Crippen LogP contribution is -2.82. The summed E-state index contributed by atoms with van der Waals surface area (Å²) in [5.41, 5.74) is -11.7. The number of esters is 1. The summed E-state index contributed by atoms with van der Waals surface area (Å²) < 4.78 is 4.57. The highest BCUT2D eigenvalue weighted by molar-refractivity contribution is 9.09. The number of carbonyl (C=O) groups is 5. The van der Waals surface area contributed by atoms with Crippen molar-refractivity contribution in [1.82, 2.24) is 0 Å². The summed E-state index contributed by atoms with van der Waals surface area (Å²) in [7, 11) is 0. The fourth-order valence-corrected chi connectivity index (χ4v) is 2.87. The van der Waals surface area contributed by atoms with Crippen LogP contribution in [0.3, 0.4) is 0 Å². The number of hydrogen-bond acceptors (Lipinski definition) is 11. The second-order valence-corrected chi connectivity index (χ2v) is 6.97. The maximum absolute atomic E-state index is 12.4. The third kappa shape index (κ3) is 3.93. The molecule has 5 unspecified atom stereocenters. The van der Waals surface area contributed by atoms with E-state index in [0.717, 1.165) is 6.92 Å². The van der Waals surface area contributed by atoms with E-state index in [0.29, 0.717) is 20.8 Å². The molecule has 0 heterocycles. The van der Waals surface area contributed by atoms with Gasteiger partial charge in [-0.2, -0.15) is 0 Å². The Bertz CT molecular complexity index is 678. The summed E-state index contributed by atoms with van der Waals surface area (Å²) in [6.45, 7) is 1.90. The van der Waals surface area contributed by atoms with Gasteiger partial charge < -0.3 is 30.3 Å². The monoisotopic (exact) mass is 470 g/mol. The number of ketones is 4. The number of ether oxygens (including phenoxy) is 1. The first kappa shape index (κ1) is 26.4. The zero-order valence-electron chi connectivity index (χ0n) is 15.6. The number of carbonyl (C=O) groups excluding carboxylic acids is 5. The fraction of sp³-hybridized carbons (Fsp3) is 0.688. The lowest BCUT2D eigenvalue weighted by Gasteiger charge is -2.49. The van der Waals surface area contributed by atoms with Gasteiger partial charge in [0, 0.05) is 5.33 Å². The number of hydrogen-bond donors (Lipinski definition) is 5. The van der Waals surface area contributed by atoms with Gasteiger partial charge in [0.1, 0.15) is 18.8 Å². The van der Waals surface area contributed by atoms with Gasteiger partial charge in [-0.15, -0.1) is 0 Å². The maximum Gasteiger partial charge on any atom is 0.349 e. The standard InChI is InChI=1S/C16H23BrO11/c1-7(18)11(22)12(23)14(25,8(2)19)16(27,10(4)21)15(26,9(3)20)13(24)28-6-5-17/h11-12,22-23,25-27H,5-6H2,1-4H3. The predicted molar refractivity (Wildman–Crippen MR) is 94.3 cm³/mol. The molecule has 0 bridgehead atoms. The summed E-state index contributed by atoms with van der Waals surface area (Å²) in [4.78, 5) is 60.3. The average Bonchev–Trinajstić information content (AvgIpc) is 2.61. The Morgan fingerprint density at radius 3 is 1.64 bits per heavy atom. The van der Waals surface area contributed by atoms with E-state index in [1.165, 1.54) is 0 Å². The van der Waals surface area contributed by atoms with E-state index < -0.39 is 64.7 Å². The highest BCUT2D eigenvalue weighted by Gasteiger charge is 2.76. The molecular formula is C16H23BrO11. The first-order valence-electron chi connectivity index (χ1n) is 7.88. The Morgan fingerprint density at radius 2 is 1.36 bits per heavy atom. The van der Waals surface area contributed by atoms with E-state index in [-0.39, 0.29) is 5.33 Å². The fourth-order valence-electron chi connectivity index (χ4n) is 2.71. The molecule has 0 aromatic carbocycles. The van der Waals surface area contributed by atoms with Gasteiger partial charge in [-0.25, -0.2) is 4.79 Å². The van der Waals surface area contributed by atoms with Crippen molar-refractivity contribution in [3.05, 3.63) is 0 Å². The van der Waals surface area contributed by atoms with Gasteiger partial charge in [0.2, 0.25) is 5.60 Å². The van der Waals surface area contributed by atoms with E-state index in [1.54, 1.807) is 0 Å². The molecule has 0 amide bonds. The Labute approximate surface area is 168 Å². The zero-order valence-corrected chi connectivity index (χ0v) is 17.2. The third-order valence-corrected chi connectivity index (χ3v) is 4.70. The third-order valence-electron chi connectivity index (χ3n) is 4.38. The first-order valence-corrected chi connectivity index (χ1v) is 9.00. The van der Waals surface area contributed by atoms with Crippen molar-refractivity contribution in [2.75, 3.05) is 11.9 Å². The van der Waals surface area contributed by atoms with Crippen molar-refractivity contribution in [2.45, 2.75) is 56.7 Å². The van der Waals surface area contributed by atoms with Crippen LogP contribution >= 0.6 is 15.9 Å². The summed E-state index contributed by atoms with van der Waals surface area (Å²) in [6, 6.07) is 0. The van der Waals surface area contributed by atoms with Crippen LogP contribution in [0.15, 0.2) is 0 Å². The zero-order chi connectivity index (χ0) is 22.7. The number of alkyl halides is 1. The van der Waals surface area contributed by atoms with Crippen LogP contribution in [0.25, 0.3) is 0 Å². The molecular weight excluding hydrogens is 448 g/mol. The van der Waals surface area contributed by atoms with Crippen LogP contribution in [0.1, 0.15) is 27.7 Å². The van der Waals surface area contributed by atoms with E-state index in [9.17, 15) is 49.5 Å². The van der Waals surface area contributed by atoms with Gasteiger partial charge in [0.25, 0.3) is 5.60 Å². The minimum atomic E-state index is -4.02. The quantitative estimate of drug-likeness (QED) is 0.119. The summed E-state index contributed by atoms with van der Waals surface area (Å²) >= 11 is 2.89. The molecule has 160 valence electrons. The molecule has 11 nitrogen and oxygen atoms in total. The molecule has 0 aliphatic rings. The number of aliphatic hydroxyl groups excluding tert-OH is 2. The van der Waals surface area contributed by atoms with Crippen LogP contribution in [0, 0.1) is 0 Å². The number of Topliss-reactive ketones (excluding diaryl/α,β-unsaturated/α-hetero) is 4. The van der Waals surface area contributed by atoms with Crippen LogP contribution < -0.4 is 0 Å². The SMILES string of the molecule is CC(=O)C(O)C(O)C(O)(C(C)=O)C(O)(C(C)=O)C(O)(C(C)=O)C(=O)OCCBr. The molecule has 0 spiro atoms. The Balaban J connectivity index is 7.05. The molecule has 0 aliphatic heterocycles. The maximum atomic E-state index is 12.4. The first-order chi connectivity index (χ1) is 12.6. The van der Waals surface area contributed by atoms with E-state index in [2.05, 4.69) is 20.7 Å². The van der Waals surface area contributed by atoms with Crippen molar-refractivity contribution in [3.63, 3.8) is 0 Å². The molecule has 0 saturated carbocycles. The molecule has 0 rings (SSSR count). The van der Waals surface area contributed by atoms with Gasteiger partial charge in [-0.1, -0.05) is 15.9 Å². The van der Waals surface area contributed by atoms with Crippen molar-refractivity contribution in [2.24, 2.45) is 0 Å². The number of rotatable bonds is 11. The summed E-state index contributed by atoms with van der Waals surface area (Å²) in [6.07, 6.45) is -5.42. The number of aliphatic hydroxyl groups is 5. The van der Waals surface area contributed by atoms with Crippen LogP contribution in [0.2, 0.25) is 0 Å². The minimum Gasteiger partial charge on any atom is -0.462 e. The van der Waals surface area contributed by atoms with Gasteiger partial charge in [0.05, 0.1) is 0 Å². The van der Waals surface area contributed by atoms with Crippen LogP contribution in [0.4, 0.5) is 0 Å². The highest BCUT2D eigenvalue weighted by atomic mass is 79.9. The van der Waals surface area contributed by atoms with Gasteiger partial charge in [-0.05, 0) is 27.7 Å². The van der Waals surface area contributed by atoms with E-state index in [1.807, 2.05) is 0 Å². The Kier molecular flexibility index (Phi) is 8.76. The van der Waals surface area contributed by atoms with Crippen molar-refractivity contribution < 1.29 is 54.2 Å². The predicted octanol–water partition coefficient (Wildman–Crippen LogP) is -2.80. The Morgan fingerprint density at radius 1 is 0.893 bits per heavy atom. The molecule has 0 radical (unpaired) electrons. The van der Waals surface area contributed by atoms with Gasteiger partial charge >= 0.3 is 5.97 Å². The largest absolute Gasteiger partial charge is 0.462 e. The lowest BCUT2D eigenvalue weighted by molar-refractivity contribution is -0.257. The molecule has 5 N–H and O–H groups in total. The molecule has 5 atom stereocenters. The van der Waals surface area contributed by atoms with Crippen molar-refractivity contribution in [3.8, 4) is 0 Å². The topological polar surface area (TPSA) is 196 Å². The van der Waals surface area contributed by atoms with E-state index in [4.69, 9.17) is 0 Å². The smallest absolute Gasteiger partial charge is 0.349 e. The van der Waals surface area contributed by atoms with Crippen molar-refractivity contribution >= 4 is 45.0 Å². The number of halogens is 1. The molecule has 0 aromatic rings. The van der Waals surface area contributed by atoms with Crippen LogP contribution in [-0.2, 0) is 28.7 Å².